The third-order valence-corrected chi connectivity index (χ3v) is 2.80. The SMILES string of the molecule is CCNC(=O)C1COCCN1CC(OC)OC. The predicted molar refractivity (Wildman–Crippen MR) is 62.7 cm³/mol. The number of ether oxygens (including phenoxy) is 3. The normalized spacial score (nSPS) is 21.8. The predicted octanol–water partition coefficient (Wildman–Crippen LogP) is -0.558. The number of morpholine rings is 1. The highest BCUT2D eigenvalue weighted by atomic mass is 16.7. The van der Waals surface area contributed by atoms with Crippen LogP contribution in [0.1, 0.15) is 6.92 Å². The number of nitrogens with one attached hydrogen (secondary N) is 1. The maximum absolute atomic E-state index is 11.9. The molecule has 0 aromatic heterocycles. The van der Waals surface area contributed by atoms with Crippen molar-refractivity contribution in [1.82, 2.24) is 10.2 Å². The molecule has 0 spiro atoms. The summed E-state index contributed by atoms with van der Waals surface area (Å²) in [6, 6.07) is -0.253. The van der Waals surface area contributed by atoms with Crippen LogP contribution in [-0.4, -0.2) is 70.2 Å². The summed E-state index contributed by atoms with van der Waals surface area (Å²) in [5.41, 5.74) is 0. The molecule has 1 N–H and O–H groups in total. The molecule has 0 aliphatic carbocycles. The quantitative estimate of drug-likeness (QED) is 0.637. The molecule has 6 heteroatoms. The highest BCUT2D eigenvalue weighted by Gasteiger charge is 2.30. The van der Waals surface area contributed by atoms with Crippen molar-refractivity contribution in [3.63, 3.8) is 0 Å². The summed E-state index contributed by atoms with van der Waals surface area (Å²) in [4.78, 5) is 13.9. The molecule has 0 bridgehead atoms. The lowest BCUT2D eigenvalue weighted by atomic mass is 10.2. The lowest BCUT2D eigenvalue weighted by Gasteiger charge is -2.35. The Kier molecular flexibility index (Phi) is 6.43. The van der Waals surface area contributed by atoms with E-state index in [1.54, 1.807) is 14.2 Å². The first-order valence-electron chi connectivity index (χ1n) is 5.88. The van der Waals surface area contributed by atoms with Gasteiger partial charge in [-0.1, -0.05) is 0 Å². The van der Waals surface area contributed by atoms with Crippen molar-refractivity contribution in [2.45, 2.75) is 19.3 Å². The topological polar surface area (TPSA) is 60.0 Å². The van der Waals surface area contributed by atoms with Gasteiger partial charge >= 0.3 is 0 Å². The molecule has 1 heterocycles. The van der Waals surface area contributed by atoms with Gasteiger partial charge in [0.15, 0.2) is 6.29 Å². The van der Waals surface area contributed by atoms with Gasteiger partial charge in [-0.15, -0.1) is 0 Å². The number of rotatable bonds is 6. The summed E-state index contributed by atoms with van der Waals surface area (Å²) in [7, 11) is 3.19. The van der Waals surface area contributed by atoms with Crippen LogP contribution in [-0.2, 0) is 19.0 Å². The van der Waals surface area contributed by atoms with Gasteiger partial charge in [-0.2, -0.15) is 0 Å². The van der Waals surface area contributed by atoms with Crippen LogP contribution in [0.4, 0.5) is 0 Å². The van der Waals surface area contributed by atoms with Crippen molar-refractivity contribution >= 4 is 5.91 Å². The molecule has 1 rings (SSSR count). The van der Waals surface area contributed by atoms with Gasteiger partial charge in [0.05, 0.1) is 19.8 Å². The average Bonchev–Trinajstić information content (AvgIpc) is 2.36. The van der Waals surface area contributed by atoms with Crippen molar-refractivity contribution in [2.75, 3.05) is 47.1 Å². The molecule has 1 atom stereocenters. The van der Waals surface area contributed by atoms with E-state index in [2.05, 4.69) is 5.32 Å². The van der Waals surface area contributed by atoms with E-state index in [4.69, 9.17) is 14.2 Å². The molecule has 1 aliphatic heterocycles. The second-order valence-electron chi connectivity index (χ2n) is 3.88. The lowest BCUT2D eigenvalue weighted by molar-refractivity contribution is -0.147. The monoisotopic (exact) mass is 246 g/mol. The van der Waals surface area contributed by atoms with E-state index in [0.29, 0.717) is 32.8 Å². The van der Waals surface area contributed by atoms with E-state index >= 15 is 0 Å². The number of methoxy groups -OCH3 is 2. The fraction of sp³-hybridized carbons (Fsp3) is 0.909. The molecule has 1 fully saturated rings. The Morgan fingerprint density at radius 2 is 2.24 bits per heavy atom. The van der Waals surface area contributed by atoms with Gasteiger partial charge in [0.1, 0.15) is 6.04 Å². The fourth-order valence-electron chi connectivity index (χ4n) is 1.83. The highest BCUT2D eigenvalue weighted by molar-refractivity contribution is 5.81. The van der Waals surface area contributed by atoms with E-state index in [1.165, 1.54) is 0 Å². The summed E-state index contributed by atoms with van der Waals surface area (Å²) in [5.74, 6) is -0.00171. The first-order valence-corrected chi connectivity index (χ1v) is 5.88. The number of hydrogen-bond acceptors (Lipinski definition) is 5. The van der Waals surface area contributed by atoms with E-state index in [0.717, 1.165) is 0 Å². The Morgan fingerprint density at radius 3 is 2.82 bits per heavy atom. The second kappa shape index (κ2) is 7.60. The maximum Gasteiger partial charge on any atom is 0.239 e. The Bertz CT molecular complexity index is 234. The Morgan fingerprint density at radius 1 is 1.53 bits per heavy atom. The summed E-state index contributed by atoms with van der Waals surface area (Å²) >= 11 is 0. The van der Waals surface area contributed by atoms with Gasteiger partial charge in [0.2, 0.25) is 5.91 Å². The summed E-state index contributed by atoms with van der Waals surface area (Å²) in [6.07, 6.45) is -0.315. The highest BCUT2D eigenvalue weighted by Crippen LogP contribution is 2.09. The fourth-order valence-corrected chi connectivity index (χ4v) is 1.83. The third-order valence-electron chi connectivity index (χ3n) is 2.80. The zero-order valence-electron chi connectivity index (χ0n) is 10.8. The van der Waals surface area contributed by atoms with Gasteiger partial charge in [0, 0.05) is 27.3 Å². The largest absolute Gasteiger partial charge is 0.378 e. The molecule has 0 radical (unpaired) electrons. The molecule has 0 aromatic rings. The van der Waals surface area contributed by atoms with E-state index < -0.39 is 0 Å². The molecular formula is C11H22N2O4. The van der Waals surface area contributed by atoms with Gasteiger partial charge in [-0.3, -0.25) is 9.69 Å². The van der Waals surface area contributed by atoms with Gasteiger partial charge < -0.3 is 19.5 Å². The average molecular weight is 246 g/mol. The van der Waals surface area contributed by atoms with Crippen molar-refractivity contribution in [3.8, 4) is 0 Å². The van der Waals surface area contributed by atoms with Gasteiger partial charge in [0.25, 0.3) is 0 Å². The Hall–Kier alpha value is -0.690. The number of carbonyl (C=O) groups excluding carboxylic acids is 1. The lowest BCUT2D eigenvalue weighted by Crippen LogP contribution is -2.55. The Labute approximate surface area is 102 Å². The molecule has 100 valence electrons. The molecule has 6 nitrogen and oxygen atoms in total. The zero-order valence-corrected chi connectivity index (χ0v) is 10.8. The van der Waals surface area contributed by atoms with Crippen molar-refractivity contribution in [3.05, 3.63) is 0 Å². The van der Waals surface area contributed by atoms with Crippen LogP contribution >= 0.6 is 0 Å². The van der Waals surface area contributed by atoms with Crippen molar-refractivity contribution < 1.29 is 19.0 Å². The van der Waals surface area contributed by atoms with Crippen LogP contribution in [0.3, 0.4) is 0 Å². The number of carbonyl (C=O) groups is 1. The minimum absolute atomic E-state index is 0.00171. The van der Waals surface area contributed by atoms with Gasteiger partial charge in [-0.05, 0) is 6.92 Å². The summed E-state index contributed by atoms with van der Waals surface area (Å²) < 4.78 is 15.7. The van der Waals surface area contributed by atoms with E-state index in [1.807, 2.05) is 11.8 Å². The van der Waals surface area contributed by atoms with Crippen molar-refractivity contribution in [1.29, 1.82) is 0 Å². The Balaban J connectivity index is 2.55. The van der Waals surface area contributed by atoms with Crippen LogP contribution in [0.5, 0.6) is 0 Å². The number of hydrogen-bond donors (Lipinski definition) is 1. The second-order valence-corrected chi connectivity index (χ2v) is 3.88. The minimum Gasteiger partial charge on any atom is -0.378 e. The number of nitrogens with zero attached hydrogens (tertiary/aromatic N) is 1. The van der Waals surface area contributed by atoms with E-state index in [9.17, 15) is 4.79 Å². The smallest absolute Gasteiger partial charge is 0.239 e. The molecule has 17 heavy (non-hydrogen) atoms. The standard InChI is InChI=1S/C11H22N2O4/c1-4-12-11(14)9-8-17-6-5-13(9)7-10(15-2)16-3/h9-10H,4-8H2,1-3H3,(H,12,14). The third kappa shape index (κ3) is 4.23. The minimum atomic E-state index is -0.315. The van der Waals surface area contributed by atoms with Crippen LogP contribution in [0.15, 0.2) is 0 Å². The molecule has 1 amide bonds. The van der Waals surface area contributed by atoms with Crippen LogP contribution < -0.4 is 5.32 Å². The summed E-state index contributed by atoms with van der Waals surface area (Å²) in [5, 5.41) is 2.81. The molecule has 1 aliphatic rings. The number of amides is 1. The maximum atomic E-state index is 11.9. The first kappa shape index (κ1) is 14.4. The van der Waals surface area contributed by atoms with Crippen LogP contribution in [0, 0.1) is 0 Å². The van der Waals surface area contributed by atoms with Crippen molar-refractivity contribution in [2.24, 2.45) is 0 Å². The molecule has 0 saturated carbocycles. The van der Waals surface area contributed by atoms with E-state index in [-0.39, 0.29) is 18.2 Å². The molecule has 1 saturated heterocycles. The number of likely N-dealkylation sites (N-methyl/N-ethyl adjacent to an activating group) is 1. The molecule has 0 aromatic carbocycles. The van der Waals surface area contributed by atoms with Crippen LogP contribution in [0.25, 0.3) is 0 Å². The van der Waals surface area contributed by atoms with Gasteiger partial charge in [-0.25, -0.2) is 0 Å². The first-order chi connectivity index (χ1) is 8.22. The molecular weight excluding hydrogens is 224 g/mol. The van der Waals surface area contributed by atoms with Crippen LogP contribution in [0.2, 0.25) is 0 Å². The zero-order chi connectivity index (χ0) is 12.7. The molecule has 1 unspecified atom stereocenters. The summed E-state index contributed by atoms with van der Waals surface area (Å²) in [6.45, 7) is 4.87.